The lowest BCUT2D eigenvalue weighted by molar-refractivity contribution is -0.124. The number of hydrogen-bond donors (Lipinski definition) is 2. The van der Waals surface area contributed by atoms with Crippen molar-refractivity contribution in [3.8, 4) is 0 Å². The van der Waals surface area contributed by atoms with E-state index in [1.165, 1.54) is 0 Å². The number of halogens is 1. The molecule has 2 atom stereocenters. The molecule has 1 aliphatic rings. The average molecular weight is 373 g/mol. The van der Waals surface area contributed by atoms with Gasteiger partial charge in [-0.05, 0) is 36.6 Å². The molecule has 1 saturated heterocycles. The number of carbonyl (C=O) groups is 2. The summed E-state index contributed by atoms with van der Waals surface area (Å²) in [5.74, 6) is -0.843. The lowest BCUT2D eigenvalue weighted by Crippen LogP contribution is -2.52. The molecule has 1 aliphatic heterocycles. The zero-order chi connectivity index (χ0) is 17.9. The Hall–Kier alpha value is -1.60. The highest BCUT2D eigenvalue weighted by Crippen LogP contribution is 2.13. The van der Waals surface area contributed by atoms with Crippen LogP contribution in [-0.2, 0) is 14.6 Å². The Morgan fingerprint density at radius 1 is 1.21 bits per heavy atom. The lowest BCUT2D eigenvalue weighted by atomic mass is 10.0. The first-order chi connectivity index (χ1) is 11.2. The molecule has 1 heterocycles. The summed E-state index contributed by atoms with van der Waals surface area (Å²) in [4.78, 5) is 24.7. The van der Waals surface area contributed by atoms with E-state index in [4.69, 9.17) is 11.6 Å². The van der Waals surface area contributed by atoms with Gasteiger partial charge in [-0.2, -0.15) is 0 Å². The zero-order valence-electron chi connectivity index (χ0n) is 13.6. The van der Waals surface area contributed by atoms with Gasteiger partial charge in [-0.15, -0.1) is 0 Å². The number of rotatable bonds is 5. The van der Waals surface area contributed by atoms with Crippen LogP contribution in [0.25, 0.3) is 0 Å². The van der Waals surface area contributed by atoms with Crippen molar-refractivity contribution in [2.45, 2.75) is 32.4 Å². The van der Waals surface area contributed by atoms with Gasteiger partial charge in [0.1, 0.15) is 6.04 Å². The fourth-order valence-electron chi connectivity index (χ4n) is 2.56. The maximum absolute atomic E-state index is 12.4. The van der Waals surface area contributed by atoms with Crippen molar-refractivity contribution in [3.63, 3.8) is 0 Å². The van der Waals surface area contributed by atoms with E-state index in [0.29, 0.717) is 17.0 Å². The molecule has 8 heteroatoms. The summed E-state index contributed by atoms with van der Waals surface area (Å²) < 4.78 is 23.0. The van der Waals surface area contributed by atoms with Gasteiger partial charge in [0.25, 0.3) is 5.91 Å². The third-order valence-corrected chi connectivity index (χ3v) is 5.94. The molecule has 6 nitrogen and oxygen atoms in total. The largest absolute Gasteiger partial charge is 0.351 e. The topological polar surface area (TPSA) is 92.3 Å². The van der Waals surface area contributed by atoms with E-state index in [1.807, 2.05) is 13.8 Å². The first-order valence-electron chi connectivity index (χ1n) is 7.75. The van der Waals surface area contributed by atoms with E-state index in [9.17, 15) is 18.0 Å². The molecule has 0 spiro atoms. The van der Waals surface area contributed by atoms with Crippen molar-refractivity contribution in [2.75, 3.05) is 11.5 Å². The van der Waals surface area contributed by atoms with Crippen LogP contribution in [0.4, 0.5) is 0 Å². The normalized spacial score (nSPS) is 20.6. The Balaban J connectivity index is 2.02. The monoisotopic (exact) mass is 372 g/mol. The van der Waals surface area contributed by atoms with Gasteiger partial charge >= 0.3 is 0 Å². The molecule has 0 saturated carbocycles. The molecule has 24 heavy (non-hydrogen) atoms. The second-order valence-electron chi connectivity index (χ2n) is 6.31. The average Bonchev–Trinajstić information content (AvgIpc) is 2.83. The van der Waals surface area contributed by atoms with Crippen LogP contribution in [-0.4, -0.2) is 43.8 Å². The number of sulfone groups is 1. The van der Waals surface area contributed by atoms with Crippen LogP contribution in [0.5, 0.6) is 0 Å². The number of carbonyl (C=O) groups excluding carboxylic acids is 2. The minimum absolute atomic E-state index is 0.0469. The van der Waals surface area contributed by atoms with Crippen LogP contribution in [0.3, 0.4) is 0 Å². The van der Waals surface area contributed by atoms with Gasteiger partial charge in [-0.3, -0.25) is 9.59 Å². The van der Waals surface area contributed by atoms with E-state index >= 15 is 0 Å². The van der Waals surface area contributed by atoms with Crippen molar-refractivity contribution in [1.82, 2.24) is 10.6 Å². The molecule has 2 rings (SSSR count). The van der Waals surface area contributed by atoms with Crippen LogP contribution in [0.15, 0.2) is 24.3 Å². The Morgan fingerprint density at radius 3 is 2.33 bits per heavy atom. The lowest BCUT2D eigenvalue weighted by Gasteiger charge is -2.23. The summed E-state index contributed by atoms with van der Waals surface area (Å²) in [6.07, 6.45) is 0.407. The predicted octanol–water partition coefficient (Wildman–Crippen LogP) is 1.40. The minimum atomic E-state index is -3.07. The predicted molar refractivity (Wildman–Crippen MR) is 92.7 cm³/mol. The fourth-order valence-corrected chi connectivity index (χ4v) is 4.36. The third kappa shape index (κ3) is 4.95. The van der Waals surface area contributed by atoms with Crippen molar-refractivity contribution in [1.29, 1.82) is 0 Å². The molecule has 1 aromatic carbocycles. The molecule has 1 aromatic rings. The number of hydrogen-bond acceptors (Lipinski definition) is 4. The van der Waals surface area contributed by atoms with Crippen molar-refractivity contribution < 1.29 is 18.0 Å². The molecule has 2 amide bonds. The third-order valence-electron chi connectivity index (χ3n) is 3.92. The summed E-state index contributed by atoms with van der Waals surface area (Å²) in [6, 6.07) is 5.23. The van der Waals surface area contributed by atoms with Gasteiger partial charge in [-0.1, -0.05) is 25.4 Å². The smallest absolute Gasteiger partial charge is 0.251 e. The quantitative estimate of drug-likeness (QED) is 0.817. The molecule has 0 radical (unpaired) electrons. The van der Waals surface area contributed by atoms with Crippen LogP contribution >= 0.6 is 11.6 Å². The highest BCUT2D eigenvalue weighted by molar-refractivity contribution is 7.91. The summed E-state index contributed by atoms with van der Waals surface area (Å²) >= 11 is 5.80. The van der Waals surface area contributed by atoms with Gasteiger partial charge in [0, 0.05) is 16.6 Å². The first kappa shape index (κ1) is 18.7. The van der Waals surface area contributed by atoms with E-state index in [2.05, 4.69) is 10.6 Å². The van der Waals surface area contributed by atoms with Gasteiger partial charge in [-0.25, -0.2) is 8.42 Å². The van der Waals surface area contributed by atoms with Crippen molar-refractivity contribution in [3.05, 3.63) is 34.9 Å². The van der Waals surface area contributed by atoms with Gasteiger partial charge in [0.2, 0.25) is 5.91 Å². The standard InChI is InChI=1S/C16H21ClN2O4S/c1-10(2)14(16(21)18-13-7-8-24(22,23)9-13)19-15(20)11-3-5-12(17)6-4-11/h3-6,10,13-14H,7-9H2,1-2H3,(H,18,21)(H,19,20). The molecule has 2 N–H and O–H groups in total. The van der Waals surface area contributed by atoms with E-state index in [1.54, 1.807) is 24.3 Å². The number of benzene rings is 1. The van der Waals surface area contributed by atoms with Crippen LogP contribution in [0, 0.1) is 5.92 Å². The molecule has 0 bridgehead atoms. The highest BCUT2D eigenvalue weighted by Gasteiger charge is 2.32. The minimum Gasteiger partial charge on any atom is -0.351 e. The Labute approximate surface area is 146 Å². The Kier molecular flexibility index (Phi) is 5.87. The zero-order valence-corrected chi connectivity index (χ0v) is 15.2. The number of nitrogens with one attached hydrogen (secondary N) is 2. The van der Waals surface area contributed by atoms with Gasteiger partial charge in [0.05, 0.1) is 11.5 Å². The van der Waals surface area contributed by atoms with Crippen molar-refractivity contribution >= 4 is 33.3 Å². The number of amides is 2. The summed E-state index contributed by atoms with van der Waals surface area (Å²) in [5, 5.41) is 5.95. The molecule has 0 aromatic heterocycles. The van der Waals surface area contributed by atoms with Crippen LogP contribution in [0.1, 0.15) is 30.6 Å². The van der Waals surface area contributed by atoms with E-state index in [-0.39, 0.29) is 29.2 Å². The molecule has 132 valence electrons. The second kappa shape index (κ2) is 7.53. The Morgan fingerprint density at radius 2 is 1.83 bits per heavy atom. The summed E-state index contributed by atoms with van der Waals surface area (Å²) in [5.41, 5.74) is 0.404. The SMILES string of the molecule is CC(C)C(NC(=O)c1ccc(Cl)cc1)C(=O)NC1CCS(=O)(=O)C1. The Bertz CT molecular complexity index is 716. The second-order valence-corrected chi connectivity index (χ2v) is 8.98. The fraction of sp³-hybridized carbons (Fsp3) is 0.500. The maximum atomic E-state index is 12.4. The van der Waals surface area contributed by atoms with Gasteiger partial charge < -0.3 is 10.6 Å². The van der Waals surface area contributed by atoms with Gasteiger partial charge in [0.15, 0.2) is 9.84 Å². The van der Waals surface area contributed by atoms with Crippen LogP contribution < -0.4 is 10.6 Å². The molecule has 0 aliphatic carbocycles. The highest BCUT2D eigenvalue weighted by atomic mass is 35.5. The van der Waals surface area contributed by atoms with Crippen molar-refractivity contribution in [2.24, 2.45) is 5.92 Å². The van der Waals surface area contributed by atoms with E-state index in [0.717, 1.165) is 0 Å². The first-order valence-corrected chi connectivity index (χ1v) is 9.95. The maximum Gasteiger partial charge on any atom is 0.251 e. The van der Waals surface area contributed by atoms with Crippen LogP contribution in [0.2, 0.25) is 5.02 Å². The molecular formula is C16H21ClN2O4S. The summed E-state index contributed by atoms with van der Waals surface area (Å²) in [6.45, 7) is 3.63. The molecule has 1 fully saturated rings. The summed E-state index contributed by atoms with van der Waals surface area (Å²) in [7, 11) is -3.07. The van der Waals surface area contributed by atoms with E-state index < -0.39 is 21.9 Å². The molecule has 2 unspecified atom stereocenters. The molecular weight excluding hydrogens is 352 g/mol.